The minimum absolute atomic E-state index is 0.726. The van der Waals surface area contributed by atoms with Gasteiger partial charge in [0.25, 0.3) is 0 Å². The van der Waals surface area contributed by atoms with Gasteiger partial charge in [0, 0.05) is 24.8 Å². The third-order valence-electron chi connectivity index (χ3n) is 3.62. The first-order chi connectivity index (χ1) is 9.15. The van der Waals surface area contributed by atoms with Crippen LogP contribution in [-0.2, 0) is 0 Å². The maximum atomic E-state index is 4.40. The quantitative estimate of drug-likeness (QED) is 0.883. The van der Waals surface area contributed by atoms with Gasteiger partial charge < -0.3 is 10.2 Å². The molecule has 0 spiro atoms. The topological polar surface area (TPSA) is 41.0 Å². The molecule has 0 amide bonds. The molecular formula is C15H26N4. The molecule has 0 aliphatic carbocycles. The van der Waals surface area contributed by atoms with Crippen LogP contribution >= 0.6 is 0 Å². The third-order valence-corrected chi connectivity index (χ3v) is 3.62. The average Bonchev–Trinajstić information content (AvgIpc) is 2.39. The van der Waals surface area contributed by atoms with Gasteiger partial charge in [-0.1, -0.05) is 13.8 Å². The normalized spacial score (nSPS) is 20.0. The van der Waals surface area contributed by atoms with Crippen LogP contribution in [0.25, 0.3) is 0 Å². The molecule has 0 radical (unpaired) electrons. The molecule has 2 heterocycles. The predicted octanol–water partition coefficient (Wildman–Crippen LogP) is 2.25. The molecule has 1 unspecified atom stereocenters. The molecule has 1 N–H and O–H groups in total. The smallest absolute Gasteiger partial charge is 0.132 e. The first kappa shape index (κ1) is 14.3. The van der Waals surface area contributed by atoms with Gasteiger partial charge in [-0.15, -0.1) is 0 Å². The van der Waals surface area contributed by atoms with Gasteiger partial charge >= 0.3 is 0 Å². The van der Waals surface area contributed by atoms with E-state index < -0.39 is 0 Å². The van der Waals surface area contributed by atoms with E-state index >= 15 is 0 Å². The summed E-state index contributed by atoms with van der Waals surface area (Å²) >= 11 is 0. The molecule has 1 saturated heterocycles. The summed E-state index contributed by atoms with van der Waals surface area (Å²) < 4.78 is 0. The summed E-state index contributed by atoms with van der Waals surface area (Å²) in [6.45, 7) is 11.0. The van der Waals surface area contributed by atoms with E-state index in [1.165, 1.54) is 12.8 Å². The van der Waals surface area contributed by atoms with Gasteiger partial charge in [-0.2, -0.15) is 0 Å². The van der Waals surface area contributed by atoms with Crippen LogP contribution in [0.4, 0.5) is 5.82 Å². The minimum atomic E-state index is 0.726. The Morgan fingerprint density at radius 1 is 1.42 bits per heavy atom. The zero-order valence-corrected chi connectivity index (χ0v) is 12.4. The predicted molar refractivity (Wildman–Crippen MR) is 79.4 cm³/mol. The number of nitrogens with one attached hydrogen (secondary N) is 1. The summed E-state index contributed by atoms with van der Waals surface area (Å²) in [6.07, 6.45) is 4.26. The lowest BCUT2D eigenvalue weighted by atomic mass is 9.98. The van der Waals surface area contributed by atoms with E-state index in [-0.39, 0.29) is 0 Å². The summed E-state index contributed by atoms with van der Waals surface area (Å²) in [5.41, 5.74) is 1.05. The van der Waals surface area contributed by atoms with Crippen LogP contribution in [0.5, 0.6) is 0 Å². The van der Waals surface area contributed by atoms with Crippen LogP contribution in [-0.4, -0.2) is 36.1 Å². The summed E-state index contributed by atoms with van der Waals surface area (Å²) in [4.78, 5) is 11.0. The molecule has 2 rings (SSSR count). The molecule has 1 atom stereocenters. The van der Waals surface area contributed by atoms with Crippen molar-refractivity contribution in [1.82, 2.24) is 15.3 Å². The van der Waals surface area contributed by atoms with Gasteiger partial charge in [-0.05, 0) is 44.7 Å². The Labute approximate surface area is 116 Å². The molecule has 106 valence electrons. The Bertz CT molecular complexity index is 391. The molecule has 19 heavy (non-hydrogen) atoms. The molecule has 1 aromatic rings. The first-order valence-electron chi connectivity index (χ1n) is 7.39. The van der Waals surface area contributed by atoms with E-state index in [0.29, 0.717) is 0 Å². The fourth-order valence-corrected chi connectivity index (χ4v) is 2.63. The van der Waals surface area contributed by atoms with Gasteiger partial charge in [0.2, 0.25) is 0 Å². The van der Waals surface area contributed by atoms with Gasteiger partial charge in [0.05, 0.1) is 0 Å². The zero-order chi connectivity index (χ0) is 13.7. The second-order valence-corrected chi connectivity index (χ2v) is 6.02. The van der Waals surface area contributed by atoms with Crippen molar-refractivity contribution in [1.29, 1.82) is 0 Å². The van der Waals surface area contributed by atoms with Gasteiger partial charge in [0.15, 0.2) is 0 Å². The van der Waals surface area contributed by atoms with Gasteiger partial charge in [-0.25, -0.2) is 9.97 Å². The Morgan fingerprint density at radius 2 is 2.26 bits per heavy atom. The summed E-state index contributed by atoms with van der Waals surface area (Å²) in [7, 11) is 0. The molecule has 1 aromatic heterocycles. The molecule has 1 aliphatic rings. The fourth-order valence-electron chi connectivity index (χ4n) is 2.63. The van der Waals surface area contributed by atoms with Crippen molar-refractivity contribution < 1.29 is 0 Å². The van der Waals surface area contributed by atoms with Crippen molar-refractivity contribution in [2.24, 2.45) is 11.8 Å². The lowest BCUT2D eigenvalue weighted by molar-refractivity contribution is 0.381. The highest BCUT2D eigenvalue weighted by molar-refractivity contribution is 5.39. The zero-order valence-electron chi connectivity index (χ0n) is 12.4. The SMILES string of the molecule is Cc1cc(N2CCCC(CNCC(C)C)C2)ncn1. The summed E-state index contributed by atoms with van der Waals surface area (Å²) in [6, 6.07) is 2.09. The van der Waals surface area contributed by atoms with Crippen molar-refractivity contribution in [3.8, 4) is 0 Å². The summed E-state index contributed by atoms with van der Waals surface area (Å²) in [5.74, 6) is 2.55. The van der Waals surface area contributed by atoms with Crippen molar-refractivity contribution in [2.45, 2.75) is 33.6 Å². The van der Waals surface area contributed by atoms with E-state index in [2.05, 4.69) is 40.1 Å². The van der Waals surface area contributed by atoms with Crippen molar-refractivity contribution >= 4 is 5.82 Å². The molecular weight excluding hydrogens is 236 g/mol. The number of anilines is 1. The first-order valence-corrected chi connectivity index (χ1v) is 7.39. The van der Waals surface area contributed by atoms with Gasteiger partial charge in [-0.3, -0.25) is 0 Å². The van der Waals surface area contributed by atoms with Crippen LogP contribution < -0.4 is 10.2 Å². The molecule has 1 fully saturated rings. The monoisotopic (exact) mass is 262 g/mol. The maximum Gasteiger partial charge on any atom is 0.132 e. The Hall–Kier alpha value is -1.16. The largest absolute Gasteiger partial charge is 0.356 e. The fraction of sp³-hybridized carbons (Fsp3) is 0.733. The Morgan fingerprint density at radius 3 is 3.00 bits per heavy atom. The Kier molecular flexibility index (Phi) is 5.14. The highest BCUT2D eigenvalue weighted by atomic mass is 15.2. The highest BCUT2D eigenvalue weighted by Crippen LogP contribution is 2.21. The van der Waals surface area contributed by atoms with E-state index in [0.717, 1.165) is 49.5 Å². The number of nitrogens with zero attached hydrogens (tertiary/aromatic N) is 3. The van der Waals surface area contributed by atoms with Crippen molar-refractivity contribution in [2.75, 3.05) is 31.1 Å². The second-order valence-electron chi connectivity index (χ2n) is 6.02. The number of hydrogen-bond donors (Lipinski definition) is 1. The lowest BCUT2D eigenvalue weighted by Gasteiger charge is -2.33. The Balaban J connectivity index is 1.86. The average molecular weight is 262 g/mol. The van der Waals surface area contributed by atoms with Crippen molar-refractivity contribution in [3.63, 3.8) is 0 Å². The van der Waals surface area contributed by atoms with Crippen LogP contribution in [0.3, 0.4) is 0 Å². The van der Waals surface area contributed by atoms with Crippen LogP contribution in [0, 0.1) is 18.8 Å². The third kappa shape index (κ3) is 4.46. The molecule has 0 saturated carbocycles. The molecule has 0 aromatic carbocycles. The molecule has 1 aliphatic heterocycles. The second kappa shape index (κ2) is 6.85. The molecule has 4 nitrogen and oxygen atoms in total. The molecule has 4 heteroatoms. The molecule has 0 bridgehead atoms. The number of rotatable bonds is 5. The highest BCUT2D eigenvalue weighted by Gasteiger charge is 2.20. The number of aromatic nitrogens is 2. The number of piperidine rings is 1. The lowest BCUT2D eigenvalue weighted by Crippen LogP contribution is -2.40. The van der Waals surface area contributed by atoms with Crippen molar-refractivity contribution in [3.05, 3.63) is 18.1 Å². The minimum Gasteiger partial charge on any atom is -0.356 e. The van der Waals surface area contributed by atoms with Crippen LogP contribution in [0.1, 0.15) is 32.4 Å². The number of hydrogen-bond acceptors (Lipinski definition) is 4. The standard InChI is InChI=1S/C15H26N4/c1-12(2)8-16-9-14-5-4-6-19(10-14)15-7-13(3)17-11-18-15/h7,11-12,14,16H,4-6,8-10H2,1-3H3. The van der Waals surface area contributed by atoms with E-state index in [9.17, 15) is 0 Å². The maximum absolute atomic E-state index is 4.40. The summed E-state index contributed by atoms with van der Waals surface area (Å²) in [5, 5.41) is 3.58. The van der Waals surface area contributed by atoms with E-state index in [1.807, 2.05) is 6.92 Å². The van der Waals surface area contributed by atoms with Crippen LogP contribution in [0.2, 0.25) is 0 Å². The number of aryl methyl sites for hydroxylation is 1. The van der Waals surface area contributed by atoms with Crippen LogP contribution in [0.15, 0.2) is 12.4 Å². The van der Waals surface area contributed by atoms with Gasteiger partial charge in [0.1, 0.15) is 12.1 Å². The van der Waals surface area contributed by atoms with E-state index in [4.69, 9.17) is 0 Å². The van der Waals surface area contributed by atoms with E-state index in [1.54, 1.807) is 6.33 Å².